The first kappa shape index (κ1) is 6.92. The second-order valence-corrected chi connectivity index (χ2v) is 2.27. The van der Waals surface area contributed by atoms with Crippen molar-refractivity contribution in [1.82, 2.24) is 5.43 Å². The molecule has 2 rings (SSSR count). The molecule has 0 spiro atoms. The molecule has 12 heavy (non-hydrogen) atoms. The van der Waals surface area contributed by atoms with Gasteiger partial charge in [0.2, 0.25) is 5.96 Å². The molecule has 0 aromatic carbocycles. The standard InChI is InChI=1S/C5H7N7/c6-3-2-4(9-1-8-2)11-5(10-3)12-7/h1-2H,7H2,(H3,6,8,9,10,11,12). The number of hydrogen-bond donors (Lipinski definition) is 3. The number of nitrogens with zero attached hydrogens (tertiary/aromatic N) is 4. The molecule has 7 heteroatoms. The minimum atomic E-state index is -0.318. The van der Waals surface area contributed by atoms with Gasteiger partial charge in [-0.2, -0.15) is 9.98 Å². The number of amidine groups is 2. The molecule has 1 unspecified atom stereocenters. The fraction of sp³-hybridized carbons (Fsp3) is 0.200. The van der Waals surface area contributed by atoms with Crippen molar-refractivity contribution in [2.45, 2.75) is 6.04 Å². The third-order valence-corrected chi connectivity index (χ3v) is 1.52. The Balaban J connectivity index is 2.38. The van der Waals surface area contributed by atoms with Crippen LogP contribution in [-0.2, 0) is 0 Å². The second kappa shape index (κ2) is 2.38. The van der Waals surface area contributed by atoms with E-state index in [0.717, 1.165) is 0 Å². The van der Waals surface area contributed by atoms with Crippen molar-refractivity contribution < 1.29 is 0 Å². The molecular weight excluding hydrogens is 158 g/mol. The summed E-state index contributed by atoms with van der Waals surface area (Å²) in [5.74, 6) is 6.24. The first-order valence-electron chi connectivity index (χ1n) is 3.30. The molecule has 0 saturated heterocycles. The van der Waals surface area contributed by atoms with E-state index in [0.29, 0.717) is 11.7 Å². The van der Waals surface area contributed by atoms with Crippen molar-refractivity contribution >= 4 is 24.0 Å². The van der Waals surface area contributed by atoms with Gasteiger partial charge in [0.1, 0.15) is 12.2 Å². The van der Waals surface area contributed by atoms with Gasteiger partial charge in [-0.15, -0.1) is 0 Å². The zero-order valence-electron chi connectivity index (χ0n) is 6.10. The van der Waals surface area contributed by atoms with Crippen molar-refractivity contribution in [3.8, 4) is 0 Å². The Hall–Kier alpha value is -1.76. The first-order chi connectivity index (χ1) is 5.81. The Morgan fingerprint density at radius 1 is 1.42 bits per heavy atom. The van der Waals surface area contributed by atoms with Gasteiger partial charge >= 0.3 is 0 Å². The van der Waals surface area contributed by atoms with Gasteiger partial charge in [0.25, 0.3) is 0 Å². The summed E-state index contributed by atoms with van der Waals surface area (Å²) >= 11 is 0. The molecular formula is C5H7N7. The molecule has 0 aliphatic carbocycles. The Bertz CT molecular complexity index is 323. The van der Waals surface area contributed by atoms with Crippen LogP contribution < -0.4 is 17.0 Å². The lowest BCUT2D eigenvalue weighted by Gasteiger charge is -2.12. The third-order valence-electron chi connectivity index (χ3n) is 1.52. The summed E-state index contributed by atoms with van der Waals surface area (Å²) < 4.78 is 0. The topological polar surface area (TPSA) is 114 Å². The van der Waals surface area contributed by atoms with E-state index in [1.807, 2.05) is 0 Å². The number of fused-ring (bicyclic) bond motifs is 1. The highest BCUT2D eigenvalue weighted by Gasteiger charge is 2.26. The summed E-state index contributed by atoms with van der Waals surface area (Å²) in [6.07, 6.45) is 1.41. The quantitative estimate of drug-likeness (QED) is 0.284. The predicted octanol–water partition coefficient (Wildman–Crippen LogP) is -2.01. The number of nitrogens with two attached hydrogens (primary N) is 2. The highest BCUT2D eigenvalue weighted by Crippen LogP contribution is 2.07. The molecule has 5 N–H and O–H groups in total. The number of guanidine groups is 1. The highest BCUT2D eigenvalue weighted by molar-refractivity contribution is 6.21. The average molecular weight is 165 g/mol. The van der Waals surface area contributed by atoms with Crippen LogP contribution in [0.1, 0.15) is 0 Å². The zero-order chi connectivity index (χ0) is 8.55. The minimum absolute atomic E-state index is 0.257. The van der Waals surface area contributed by atoms with Crippen molar-refractivity contribution in [2.75, 3.05) is 0 Å². The van der Waals surface area contributed by atoms with Gasteiger partial charge in [0.15, 0.2) is 11.9 Å². The number of aliphatic imine (C=N–C) groups is 4. The van der Waals surface area contributed by atoms with Crippen LogP contribution in [0.15, 0.2) is 20.0 Å². The maximum Gasteiger partial charge on any atom is 0.240 e. The summed E-state index contributed by atoms with van der Waals surface area (Å²) in [6, 6.07) is -0.318. The van der Waals surface area contributed by atoms with Gasteiger partial charge < -0.3 is 5.73 Å². The van der Waals surface area contributed by atoms with Crippen molar-refractivity contribution in [2.24, 2.45) is 31.5 Å². The van der Waals surface area contributed by atoms with Gasteiger partial charge in [-0.05, 0) is 0 Å². The Kier molecular flexibility index (Phi) is 1.37. The van der Waals surface area contributed by atoms with E-state index in [-0.39, 0.29) is 12.0 Å². The van der Waals surface area contributed by atoms with Crippen LogP contribution >= 0.6 is 0 Å². The maximum atomic E-state index is 5.56. The molecule has 62 valence electrons. The Morgan fingerprint density at radius 3 is 3.00 bits per heavy atom. The molecule has 0 bridgehead atoms. The van der Waals surface area contributed by atoms with Crippen LogP contribution in [0.5, 0.6) is 0 Å². The molecule has 0 fully saturated rings. The lowest BCUT2D eigenvalue weighted by Crippen LogP contribution is -2.41. The average Bonchev–Trinajstić information content (AvgIpc) is 2.52. The molecule has 2 heterocycles. The van der Waals surface area contributed by atoms with E-state index in [9.17, 15) is 0 Å². The summed E-state index contributed by atoms with van der Waals surface area (Å²) in [4.78, 5) is 15.6. The van der Waals surface area contributed by atoms with Gasteiger partial charge in [-0.25, -0.2) is 10.8 Å². The second-order valence-electron chi connectivity index (χ2n) is 2.27. The molecule has 0 radical (unpaired) electrons. The number of hydrazine groups is 1. The fourth-order valence-electron chi connectivity index (χ4n) is 0.977. The summed E-state index contributed by atoms with van der Waals surface area (Å²) in [7, 11) is 0. The third kappa shape index (κ3) is 0.873. The van der Waals surface area contributed by atoms with Crippen LogP contribution in [0.4, 0.5) is 0 Å². The molecule has 1 atom stereocenters. The highest BCUT2D eigenvalue weighted by atomic mass is 15.3. The maximum absolute atomic E-state index is 5.56. The summed E-state index contributed by atoms with van der Waals surface area (Å²) in [5.41, 5.74) is 7.86. The van der Waals surface area contributed by atoms with Crippen LogP contribution in [0.2, 0.25) is 0 Å². The molecule has 2 aliphatic heterocycles. The summed E-state index contributed by atoms with van der Waals surface area (Å²) in [6.45, 7) is 0. The van der Waals surface area contributed by atoms with Gasteiger partial charge in [-0.3, -0.25) is 10.4 Å². The Labute approximate surface area is 68.0 Å². The lowest BCUT2D eigenvalue weighted by molar-refractivity contribution is 0.988. The first-order valence-corrected chi connectivity index (χ1v) is 3.30. The van der Waals surface area contributed by atoms with Crippen LogP contribution in [0.25, 0.3) is 0 Å². The van der Waals surface area contributed by atoms with E-state index in [1.54, 1.807) is 0 Å². The molecule has 2 aliphatic rings. The largest absolute Gasteiger partial charge is 0.385 e. The molecule has 0 amide bonds. The van der Waals surface area contributed by atoms with Crippen LogP contribution in [-0.4, -0.2) is 30.0 Å². The van der Waals surface area contributed by atoms with Crippen molar-refractivity contribution in [3.05, 3.63) is 0 Å². The normalized spacial score (nSPS) is 25.8. The van der Waals surface area contributed by atoms with Crippen LogP contribution in [0, 0.1) is 0 Å². The van der Waals surface area contributed by atoms with E-state index in [4.69, 9.17) is 11.6 Å². The SMILES string of the molecule is NNC1=NC2=NC=NC2C(N)=N1. The monoisotopic (exact) mass is 165 g/mol. The number of hydrogen-bond acceptors (Lipinski definition) is 7. The number of nitrogens with one attached hydrogen (secondary N) is 1. The Morgan fingerprint density at radius 2 is 2.25 bits per heavy atom. The molecule has 0 saturated carbocycles. The summed E-state index contributed by atoms with van der Waals surface area (Å²) in [5, 5.41) is 0. The van der Waals surface area contributed by atoms with Gasteiger partial charge in [0.05, 0.1) is 0 Å². The number of rotatable bonds is 0. The van der Waals surface area contributed by atoms with E-state index >= 15 is 0 Å². The zero-order valence-corrected chi connectivity index (χ0v) is 6.10. The van der Waals surface area contributed by atoms with Crippen molar-refractivity contribution in [3.63, 3.8) is 0 Å². The van der Waals surface area contributed by atoms with E-state index < -0.39 is 0 Å². The van der Waals surface area contributed by atoms with E-state index in [1.165, 1.54) is 6.34 Å². The van der Waals surface area contributed by atoms with E-state index in [2.05, 4.69) is 25.4 Å². The fourth-order valence-corrected chi connectivity index (χ4v) is 0.977. The van der Waals surface area contributed by atoms with Crippen molar-refractivity contribution in [1.29, 1.82) is 0 Å². The smallest absolute Gasteiger partial charge is 0.240 e. The molecule has 0 aromatic rings. The predicted molar refractivity (Wildman–Crippen MR) is 46.1 cm³/mol. The minimum Gasteiger partial charge on any atom is -0.385 e. The molecule has 0 aromatic heterocycles. The van der Waals surface area contributed by atoms with Gasteiger partial charge in [-0.1, -0.05) is 0 Å². The van der Waals surface area contributed by atoms with Crippen LogP contribution in [0.3, 0.4) is 0 Å². The lowest BCUT2D eigenvalue weighted by atomic mass is 10.2. The van der Waals surface area contributed by atoms with Gasteiger partial charge in [0, 0.05) is 0 Å². The molecule has 7 nitrogen and oxygen atoms in total.